The number of carbonyl (C=O) groups excluding carboxylic acids is 1. The fourth-order valence-electron chi connectivity index (χ4n) is 2.94. The zero-order valence-electron chi connectivity index (χ0n) is 16.4. The van der Waals surface area contributed by atoms with Gasteiger partial charge in [-0.3, -0.25) is 4.79 Å². The average molecular weight is 391 g/mol. The van der Waals surface area contributed by atoms with Crippen molar-refractivity contribution in [3.05, 3.63) is 89.5 Å². The minimum atomic E-state index is -0.0439. The Hall–Kier alpha value is -3.47. The van der Waals surface area contributed by atoms with E-state index in [-0.39, 0.29) is 11.7 Å². The van der Waals surface area contributed by atoms with Crippen LogP contribution >= 0.6 is 0 Å². The molecule has 3 rings (SSSR count). The molecule has 0 aliphatic heterocycles. The fourth-order valence-corrected chi connectivity index (χ4v) is 2.94. The van der Waals surface area contributed by atoms with Crippen LogP contribution in [0, 0.1) is 0 Å². The fraction of sp³-hybridized carbons (Fsp3) is 0.208. The second kappa shape index (κ2) is 10.2. The van der Waals surface area contributed by atoms with Crippen molar-refractivity contribution in [1.82, 2.24) is 5.32 Å². The summed E-state index contributed by atoms with van der Waals surface area (Å²) in [6.45, 7) is 0.890. The van der Waals surface area contributed by atoms with Crippen molar-refractivity contribution in [2.24, 2.45) is 0 Å². The van der Waals surface area contributed by atoms with Gasteiger partial charge in [0.1, 0.15) is 12.4 Å². The van der Waals surface area contributed by atoms with Gasteiger partial charge in [-0.15, -0.1) is 0 Å². The Morgan fingerprint density at radius 2 is 1.72 bits per heavy atom. The van der Waals surface area contributed by atoms with Crippen molar-refractivity contribution in [3.63, 3.8) is 0 Å². The largest absolute Gasteiger partial charge is 0.504 e. The molecule has 2 N–H and O–H groups in total. The number of phenolic OH excluding ortho intramolecular Hbond substituents is 1. The van der Waals surface area contributed by atoms with Gasteiger partial charge in [-0.05, 0) is 47.4 Å². The van der Waals surface area contributed by atoms with Crippen LogP contribution in [-0.2, 0) is 24.2 Å². The third-order valence-electron chi connectivity index (χ3n) is 4.50. The van der Waals surface area contributed by atoms with Gasteiger partial charge in [0.15, 0.2) is 11.5 Å². The highest BCUT2D eigenvalue weighted by molar-refractivity contribution is 5.78. The Bertz CT molecular complexity index is 941. The molecule has 0 heterocycles. The predicted molar refractivity (Wildman–Crippen MR) is 112 cm³/mol. The SMILES string of the molecule is COc1cccc(CC(=O)NCCc2ccc(O)c(OCc3ccccc3)c2)c1. The molecule has 0 saturated carbocycles. The van der Waals surface area contributed by atoms with Gasteiger partial charge in [-0.25, -0.2) is 0 Å². The summed E-state index contributed by atoms with van der Waals surface area (Å²) in [6, 6.07) is 22.5. The van der Waals surface area contributed by atoms with Gasteiger partial charge in [0.25, 0.3) is 0 Å². The molecule has 29 heavy (non-hydrogen) atoms. The number of phenols is 1. The smallest absolute Gasteiger partial charge is 0.224 e. The van der Waals surface area contributed by atoms with E-state index in [1.54, 1.807) is 13.2 Å². The lowest BCUT2D eigenvalue weighted by Gasteiger charge is -2.11. The highest BCUT2D eigenvalue weighted by Gasteiger charge is 2.07. The highest BCUT2D eigenvalue weighted by atomic mass is 16.5. The molecule has 5 nitrogen and oxygen atoms in total. The van der Waals surface area contributed by atoms with Crippen molar-refractivity contribution in [2.45, 2.75) is 19.4 Å². The van der Waals surface area contributed by atoms with E-state index < -0.39 is 0 Å². The maximum absolute atomic E-state index is 12.2. The van der Waals surface area contributed by atoms with Crippen molar-refractivity contribution in [2.75, 3.05) is 13.7 Å². The van der Waals surface area contributed by atoms with Crippen LogP contribution in [0.3, 0.4) is 0 Å². The first-order chi connectivity index (χ1) is 14.1. The van der Waals surface area contributed by atoms with E-state index >= 15 is 0 Å². The molecular weight excluding hydrogens is 366 g/mol. The Kier molecular flexibility index (Phi) is 7.11. The minimum absolute atomic E-state index is 0.0439. The van der Waals surface area contributed by atoms with Gasteiger partial charge >= 0.3 is 0 Å². The molecule has 0 spiro atoms. The summed E-state index contributed by atoms with van der Waals surface area (Å²) in [7, 11) is 1.61. The summed E-state index contributed by atoms with van der Waals surface area (Å²) in [4.78, 5) is 12.2. The molecule has 0 aliphatic carbocycles. The number of nitrogens with one attached hydrogen (secondary N) is 1. The summed E-state index contributed by atoms with van der Waals surface area (Å²) in [5.74, 6) is 1.24. The Morgan fingerprint density at radius 3 is 2.52 bits per heavy atom. The van der Waals surface area contributed by atoms with Crippen molar-refractivity contribution < 1.29 is 19.4 Å². The van der Waals surface area contributed by atoms with Crippen molar-refractivity contribution in [1.29, 1.82) is 0 Å². The minimum Gasteiger partial charge on any atom is -0.504 e. The lowest BCUT2D eigenvalue weighted by atomic mass is 10.1. The van der Waals surface area contributed by atoms with Crippen LogP contribution in [0.25, 0.3) is 0 Å². The van der Waals surface area contributed by atoms with Crippen LogP contribution in [0.15, 0.2) is 72.8 Å². The number of carbonyl (C=O) groups is 1. The molecule has 0 radical (unpaired) electrons. The first-order valence-corrected chi connectivity index (χ1v) is 9.52. The molecule has 5 heteroatoms. The van der Waals surface area contributed by atoms with E-state index in [1.165, 1.54) is 0 Å². The van der Waals surface area contributed by atoms with E-state index in [0.29, 0.717) is 31.7 Å². The summed E-state index contributed by atoms with van der Waals surface area (Å²) < 4.78 is 10.9. The molecule has 0 unspecified atom stereocenters. The maximum Gasteiger partial charge on any atom is 0.224 e. The maximum atomic E-state index is 12.2. The zero-order valence-corrected chi connectivity index (χ0v) is 16.4. The van der Waals surface area contributed by atoms with Crippen molar-refractivity contribution >= 4 is 5.91 Å². The molecule has 3 aromatic rings. The van der Waals surface area contributed by atoms with E-state index in [0.717, 1.165) is 22.4 Å². The Balaban J connectivity index is 1.49. The Labute approximate surface area is 170 Å². The molecule has 0 bridgehead atoms. The van der Waals surface area contributed by atoms with Gasteiger partial charge in [-0.1, -0.05) is 48.5 Å². The first kappa shape index (κ1) is 20.3. The van der Waals surface area contributed by atoms with Gasteiger partial charge in [0.05, 0.1) is 13.5 Å². The standard InChI is InChI=1S/C24H25NO4/c1-28-21-9-5-8-20(14-21)16-24(27)25-13-12-18-10-11-22(26)23(15-18)29-17-19-6-3-2-4-7-19/h2-11,14-15,26H,12-13,16-17H2,1H3,(H,25,27). The number of rotatable bonds is 9. The third kappa shape index (κ3) is 6.28. The monoisotopic (exact) mass is 391 g/mol. The lowest BCUT2D eigenvalue weighted by Crippen LogP contribution is -2.27. The van der Waals surface area contributed by atoms with E-state index in [1.807, 2.05) is 66.7 Å². The molecule has 0 saturated heterocycles. The number of hydrogen-bond donors (Lipinski definition) is 2. The summed E-state index contributed by atoms with van der Waals surface area (Å²) in [5, 5.41) is 13.0. The zero-order chi connectivity index (χ0) is 20.5. The van der Waals surface area contributed by atoms with Gasteiger partial charge < -0.3 is 19.9 Å². The van der Waals surface area contributed by atoms with E-state index in [2.05, 4.69) is 5.32 Å². The van der Waals surface area contributed by atoms with E-state index in [4.69, 9.17) is 9.47 Å². The normalized spacial score (nSPS) is 10.4. The average Bonchev–Trinajstić information content (AvgIpc) is 2.75. The quantitative estimate of drug-likeness (QED) is 0.581. The third-order valence-corrected chi connectivity index (χ3v) is 4.50. The van der Waals surface area contributed by atoms with Crippen LogP contribution in [0.2, 0.25) is 0 Å². The number of aromatic hydroxyl groups is 1. The molecular formula is C24H25NO4. The summed E-state index contributed by atoms with van der Waals surface area (Å²) >= 11 is 0. The number of methoxy groups -OCH3 is 1. The summed E-state index contributed by atoms with van der Waals surface area (Å²) in [5.41, 5.74) is 2.91. The number of ether oxygens (including phenoxy) is 2. The van der Waals surface area contributed by atoms with Crippen LogP contribution in [0.1, 0.15) is 16.7 Å². The van der Waals surface area contributed by atoms with Crippen LogP contribution < -0.4 is 14.8 Å². The predicted octanol–water partition coefficient (Wildman–Crippen LogP) is 3.88. The first-order valence-electron chi connectivity index (χ1n) is 9.52. The van der Waals surface area contributed by atoms with E-state index in [9.17, 15) is 9.90 Å². The highest BCUT2D eigenvalue weighted by Crippen LogP contribution is 2.27. The molecule has 0 fully saturated rings. The second-order valence-corrected chi connectivity index (χ2v) is 6.70. The van der Waals surface area contributed by atoms with Gasteiger partial charge in [-0.2, -0.15) is 0 Å². The molecule has 1 amide bonds. The molecule has 0 atom stereocenters. The number of hydrogen-bond acceptors (Lipinski definition) is 4. The molecule has 0 aliphatic rings. The second-order valence-electron chi connectivity index (χ2n) is 6.70. The number of benzene rings is 3. The van der Waals surface area contributed by atoms with Gasteiger partial charge in [0.2, 0.25) is 5.91 Å². The number of amides is 1. The van der Waals surface area contributed by atoms with Crippen LogP contribution in [0.4, 0.5) is 0 Å². The van der Waals surface area contributed by atoms with Crippen LogP contribution in [-0.4, -0.2) is 24.7 Å². The van der Waals surface area contributed by atoms with Gasteiger partial charge in [0, 0.05) is 6.54 Å². The summed E-state index contributed by atoms with van der Waals surface area (Å²) in [6.07, 6.45) is 0.948. The molecule has 3 aromatic carbocycles. The Morgan fingerprint density at radius 1 is 0.931 bits per heavy atom. The van der Waals surface area contributed by atoms with Crippen LogP contribution in [0.5, 0.6) is 17.2 Å². The molecule has 0 aromatic heterocycles. The topological polar surface area (TPSA) is 67.8 Å². The van der Waals surface area contributed by atoms with Crippen molar-refractivity contribution in [3.8, 4) is 17.2 Å². The molecule has 150 valence electrons. The lowest BCUT2D eigenvalue weighted by molar-refractivity contribution is -0.120.